The van der Waals surface area contributed by atoms with Crippen molar-refractivity contribution in [2.75, 3.05) is 6.61 Å². The highest BCUT2D eigenvalue weighted by Crippen LogP contribution is 2.15. The average molecular weight is 224 g/mol. The Morgan fingerprint density at radius 2 is 1.57 bits per heavy atom. The van der Waals surface area contributed by atoms with Gasteiger partial charge in [0.1, 0.15) is 0 Å². The Morgan fingerprint density at radius 3 is 1.93 bits per heavy atom. The van der Waals surface area contributed by atoms with Crippen LogP contribution in [0.5, 0.6) is 0 Å². The summed E-state index contributed by atoms with van der Waals surface area (Å²) in [5.41, 5.74) is 0. The van der Waals surface area contributed by atoms with Crippen molar-refractivity contribution in [2.45, 2.75) is 59.3 Å². The summed E-state index contributed by atoms with van der Waals surface area (Å²) in [6.45, 7) is 6.91. The normalized spacial score (nSPS) is 11.7. The smallest absolute Gasteiger partial charge is 0.316 e. The van der Waals surface area contributed by atoms with Crippen molar-refractivity contribution in [1.82, 2.24) is 0 Å². The second-order valence-corrected chi connectivity index (χ2v) is 4.00. The molecule has 0 aliphatic heterocycles. The van der Waals surface area contributed by atoms with Gasteiger partial charge >= 0.3 is 8.25 Å². The van der Waals surface area contributed by atoms with Crippen molar-refractivity contribution < 1.29 is 14.0 Å². The molecule has 0 aromatic heterocycles. The van der Waals surface area contributed by atoms with E-state index < -0.39 is 8.25 Å². The van der Waals surface area contributed by atoms with Crippen LogP contribution in [0.2, 0.25) is 0 Å². The van der Waals surface area contributed by atoms with Crippen LogP contribution >= 0.6 is 8.25 Å². The Labute approximate surface area is 88.8 Å². The van der Waals surface area contributed by atoms with E-state index in [0.717, 1.165) is 12.8 Å². The molecule has 0 fully saturated rings. The molecular formula is C10H25O3P. The van der Waals surface area contributed by atoms with E-state index in [9.17, 15) is 4.57 Å². The fourth-order valence-electron chi connectivity index (χ4n) is 0.688. The molecule has 0 heterocycles. The lowest BCUT2D eigenvalue weighted by atomic mass is 10.2. The summed E-state index contributed by atoms with van der Waals surface area (Å²) >= 11 is 0. The maximum Gasteiger partial charge on any atom is 0.316 e. The second-order valence-electron chi connectivity index (χ2n) is 3.18. The highest BCUT2D eigenvalue weighted by Gasteiger charge is 1.91. The molecule has 0 radical (unpaired) electrons. The Bertz CT molecular complexity index is 116. The summed E-state index contributed by atoms with van der Waals surface area (Å²) in [7, 11) is -2.67. The minimum absolute atomic E-state index is 0.425. The molecule has 0 aromatic carbocycles. The van der Waals surface area contributed by atoms with Gasteiger partial charge in [-0.05, 0) is 6.42 Å². The number of unbranched alkanes of at least 4 members (excludes halogenated alkanes) is 4. The Kier molecular flexibility index (Phi) is 18.5. The van der Waals surface area contributed by atoms with E-state index >= 15 is 0 Å². The molecule has 0 amide bonds. The van der Waals surface area contributed by atoms with E-state index in [2.05, 4.69) is 25.3 Å². The van der Waals surface area contributed by atoms with Gasteiger partial charge < -0.3 is 9.42 Å². The first-order valence-electron chi connectivity index (χ1n) is 5.54. The van der Waals surface area contributed by atoms with Crippen LogP contribution in [0.4, 0.5) is 0 Å². The van der Waals surface area contributed by atoms with E-state index in [1.54, 1.807) is 0 Å². The van der Waals surface area contributed by atoms with Gasteiger partial charge in [0.25, 0.3) is 0 Å². The van der Waals surface area contributed by atoms with E-state index in [4.69, 9.17) is 4.89 Å². The molecule has 1 unspecified atom stereocenters. The second kappa shape index (κ2) is 15.6. The third-order valence-corrected chi connectivity index (χ3v) is 2.17. The zero-order valence-electron chi connectivity index (χ0n) is 9.71. The molecule has 88 valence electrons. The molecule has 1 N–H and O–H groups in total. The van der Waals surface area contributed by atoms with Gasteiger partial charge in [-0.3, -0.25) is 4.57 Å². The Hall–Kier alpha value is 0.150. The molecule has 0 bridgehead atoms. The summed E-state index contributed by atoms with van der Waals surface area (Å²) in [5.74, 6) is 0. The lowest BCUT2D eigenvalue weighted by Crippen LogP contribution is -1.85. The van der Waals surface area contributed by atoms with Crippen LogP contribution in [0.15, 0.2) is 0 Å². The Morgan fingerprint density at radius 1 is 1.00 bits per heavy atom. The van der Waals surface area contributed by atoms with Crippen LogP contribution < -0.4 is 0 Å². The largest absolute Gasteiger partial charge is 0.326 e. The standard InChI is InChI=1S/C6H15O3P.C4H10/c1-2-3-4-5-6-9-10(7)8;1-3-4-2/h10H,2-6H2,1H3,(H,7,8);3-4H2,1-2H3. The third-order valence-electron chi connectivity index (χ3n) is 1.72. The molecular weight excluding hydrogens is 199 g/mol. The van der Waals surface area contributed by atoms with Crippen molar-refractivity contribution in [3.63, 3.8) is 0 Å². The molecule has 1 atom stereocenters. The van der Waals surface area contributed by atoms with Gasteiger partial charge in [0.2, 0.25) is 0 Å². The van der Waals surface area contributed by atoms with Crippen LogP contribution in [0.25, 0.3) is 0 Å². The summed E-state index contributed by atoms with van der Waals surface area (Å²) in [4.78, 5) is 8.23. The van der Waals surface area contributed by atoms with E-state index in [1.165, 1.54) is 25.7 Å². The Balaban J connectivity index is 0. The van der Waals surface area contributed by atoms with Crippen molar-refractivity contribution >= 4 is 8.25 Å². The number of rotatable bonds is 7. The first-order chi connectivity index (χ1) is 6.68. The first-order valence-corrected chi connectivity index (χ1v) is 6.81. The molecule has 0 spiro atoms. The van der Waals surface area contributed by atoms with Crippen molar-refractivity contribution in [3.8, 4) is 0 Å². The van der Waals surface area contributed by atoms with Crippen LogP contribution in [0, 0.1) is 0 Å². The molecule has 0 saturated heterocycles. The van der Waals surface area contributed by atoms with Gasteiger partial charge in [0.05, 0.1) is 6.61 Å². The molecule has 0 aromatic rings. The predicted molar refractivity (Wildman–Crippen MR) is 61.9 cm³/mol. The SMILES string of the molecule is CCCC.CCCCCCO[PH](=O)O. The lowest BCUT2D eigenvalue weighted by molar-refractivity contribution is 0.274. The van der Waals surface area contributed by atoms with Crippen LogP contribution in [-0.2, 0) is 9.09 Å². The summed E-state index contributed by atoms with van der Waals surface area (Å²) in [5, 5.41) is 0. The van der Waals surface area contributed by atoms with E-state index in [-0.39, 0.29) is 0 Å². The summed E-state index contributed by atoms with van der Waals surface area (Å²) < 4.78 is 14.5. The number of hydrogen-bond acceptors (Lipinski definition) is 2. The molecule has 14 heavy (non-hydrogen) atoms. The zero-order valence-corrected chi connectivity index (χ0v) is 10.7. The minimum Gasteiger partial charge on any atom is -0.326 e. The maximum atomic E-state index is 9.99. The first kappa shape index (κ1) is 16.6. The van der Waals surface area contributed by atoms with E-state index in [1.807, 2.05) is 0 Å². The van der Waals surface area contributed by atoms with Gasteiger partial charge in [-0.2, -0.15) is 0 Å². The lowest BCUT2D eigenvalue weighted by Gasteiger charge is -1.97. The van der Waals surface area contributed by atoms with E-state index in [0.29, 0.717) is 6.61 Å². The van der Waals surface area contributed by atoms with Crippen molar-refractivity contribution in [1.29, 1.82) is 0 Å². The molecule has 0 saturated carbocycles. The zero-order chi connectivity index (χ0) is 11.2. The van der Waals surface area contributed by atoms with Gasteiger partial charge in [-0.25, -0.2) is 0 Å². The highest BCUT2D eigenvalue weighted by molar-refractivity contribution is 7.32. The van der Waals surface area contributed by atoms with Crippen LogP contribution in [0.3, 0.4) is 0 Å². The monoisotopic (exact) mass is 224 g/mol. The third kappa shape index (κ3) is 22.7. The van der Waals surface area contributed by atoms with Gasteiger partial charge in [-0.1, -0.05) is 52.9 Å². The van der Waals surface area contributed by atoms with Crippen LogP contribution in [-0.4, -0.2) is 11.5 Å². The van der Waals surface area contributed by atoms with Gasteiger partial charge in [-0.15, -0.1) is 0 Å². The molecule has 0 rings (SSSR count). The van der Waals surface area contributed by atoms with Crippen molar-refractivity contribution in [3.05, 3.63) is 0 Å². The molecule has 0 aliphatic carbocycles. The molecule has 0 aliphatic rings. The summed E-state index contributed by atoms with van der Waals surface area (Å²) in [6, 6.07) is 0. The molecule has 4 heteroatoms. The predicted octanol–water partition coefficient (Wildman–Crippen LogP) is 3.77. The maximum absolute atomic E-state index is 9.99. The van der Waals surface area contributed by atoms with Gasteiger partial charge in [0.15, 0.2) is 0 Å². The topological polar surface area (TPSA) is 46.5 Å². The average Bonchev–Trinajstić information content (AvgIpc) is 2.18. The quantitative estimate of drug-likeness (QED) is 0.529. The summed E-state index contributed by atoms with van der Waals surface area (Å²) in [6.07, 6.45) is 6.97. The number of hydrogen-bond donors (Lipinski definition) is 1. The fourth-order valence-corrected chi connectivity index (χ4v) is 1.01. The van der Waals surface area contributed by atoms with Crippen LogP contribution in [0.1, 0.15) is 59.3 Å². The van der Waals surface area contributed by atoms with Crippen molar-refractivity contribution in [2.24, 2.45) is 0 Å². The highest BCUT2D eigenvalue weighted by atomic mass is 31.1. The fraction of sp³-hybridized carbons (Fsp3) is 1.00. The molecule has 3 nitrogen and oxygen atoms in total. The van der Waals surface area contributed by atoms with Gasteiger partial charge in [0, 0.05) is 0 Å². The minimum atomic E-state index is -2.67.